The zero-order chi connectivity index (χ0) is 15.4. The second-order valence-electron chi connectivity index (χ2n) is 5.29. The molecule has 1 aromatic heterocycles. The second-order valence-corrected chi connectivity index (χ2v) is 5.29. The van der Waals surface area contributed by atoms with E-state index in [-0.39, 0.29) is 23.2 Å². The van der Waals surface area contributed by atoms with E-state index < -0.39 is 4.92 Å². The summed E-state index contributed by atoms with van der Waals surface area (Å²) in [6.07, 6.45) is 5.19. The first kappa shape index (κ1) is 15.2. The van der Waals surface area contributed by atoms with Crippen molar-refractivity contribution in [3.05, 3.63) is 27.9 Å². The molecule has 7 nitrogen and oxygen atoms in total. The van der Waals surface area contributed by atoms with Gasteiger partial charge in [0.1, 0.15) is 17.6 Å². The predicted molar refractivity (Wildman–Crippen MR) is 79.4 cm³/mol. The monoisotopic (exact) mass is 292 g/mol. The molecule has 1 aliphatic rings. The molecule has 0 bridgehead atoms. The van der Waals surface area contributed by atoms with Crippen molar-refractivity contribution in [3.63, 3.8) is 0 Å². The maximum Gasteiger partial charge on any atom is 0.300 e. The molecule has 0 aliphatic carbocycles. The summed E-state index contributed by atoms with van der Waals surface area (Å²) in [5.41, 5.74) is -0.136. The lowest BCUT2D eigenvalue weighted by Gasteiger charge is -2.27. The summed E-state index contributed by atoms with van der Waals surface area (Å²) in [7, 11) is 1.66. The van der Waals surface area contributed by atoms with Crippen molar-refractivity contribution in [1.82, 2.24) is 9.88 Å². The van der Waals surface area contributed by atoms with Crippen molar-refractivity contribution in [2.24, 2.45) is 0 Å². The summed E-state index contributed by atoms with van der Waals surface area (Å²) < 4.78 is 0. The van der Waals surface area contributed by atoms with Crippen LogP contribution >= 0.6 is 0 Å². The SMILES string of the molecule is CNc1cc(C(=O)N2CCCCCC2C)c([N+](=O)[O-])cn1. The molecule has 1 aromatic rings. The minimum absolute atomic E-state index is 0.103. The molecule has 0 spiro atoms. The smallest absolute Gasteiger partial charge is 0.300 e. The largest absolute Gasteiger partial charge is 0.373 e. The third kappa shape index (κ3) is 3.29. The van der Waals surface area contributed by atoms with Crippen LogP contribution in [0.2, 0.25) is 0 Å². The number of amides is 1. The van der Waals surface area contributed by atoms with Crippen LogP contribution in [0.1, 0.15) is 43.0 Å². The van der Waals surface area contributed by atoms with Gasteiger partial charge in [-0.1, -0.05) is 12.8 Å². The normalized spacial score (nSPS) is 19.0. The summed E-state index contributed by atoms with van der Waals surface area (Å²) >= 11 is 0. The highest BCUT2D eigenvalue weighted by molar-refractivity contribution is 5.98. The maximum absolute atomic E-state index is 12.7. The van der Waals surface area contributed by atoms with E-state index in [4.69, 9.17) is 0 Å². The van der Waals surface area contributed by atoms with Gasteiger partial charge in [-0.3, -0.25) is 14.9 Å². The zero-order valence-corrected chi connectivity index (χ0v) is 12.3. The lowest BCUT2D eigenvalue weighted by Crippen LogP contribution is -2.38. The van der Waals surface area contributed by atoms with Crippen LogP contribution in [0.25, 0.3) is 0 Å². The number of nitrogens with one attached hydrogen (secondary N) is 1. The number of likely N-dealkylation sites (tertiary alicyclic amines) is 1. The van der Waals surface area contributed by atoms with Gasteiger partial charge in [-0.15, -0.1) is 0 Å². The number of nitro groups is 1. The Bertz CT molecular complexity index is 547. The van der Waals surface area contributed by atoms with Gasteiger partial charge in [0, 0.05) is 25.7 Å². The summed E-state index contributed by atoms with van der Waals surface area (Å²) in [6.45, 7) is 2.64. The number of hydrogen-bond acceptors (Lipinski definition) is 5. The number of pyridine rings is 1. The molecule has 21 heavy (non-hydrogen) atoms. The molecule has 0 saturated carbocycles. The first-order chi connectivity index (χ1) is 10.0. The van der Waals surface area contributed by atoms with Gasteiger partial charge in [0.25, 0.3) is 11.6 Å². The van der Waals surface area contributed by atoms with Crippen molar-refractivity contribution in [2.45, 2.75) is 38.6 Å². The number of carbonyl (C=O) groups is 1. The molecule has 1 aliphatic heterocycles. The Morgan fingerprint density at radius 2 is 2.24 bits per heavy atom. The van der Waals surface area contributed by atoms with Crippen LogP contribution in [0.5, 0.6) is 0 Å². The molecular formula is C14H20N4O3. The number of carbonyl (C=O) groups excluding carboxylic acids is 1. The highest BCUT2D eigenvalue weighted by Crippen LogP contribution is 2.25. The Morgan fingerprint density at radius 3 is 2.90 bits per heavy atom. The summed E-state index contributed by atoms with van der Waals surface area (Å²) in [4.78, 5) is 29.0. The average molecular weight is 292 g/mol. The van der Waals surface area contributed by atoms with Crippen molar-refractivity contribution >= 4 is 17.4 Å². The Balaban J connectivity index is 2.38. The first-order valence-electron chi connectivity index (χ1n) is 7.17. The van der Waals surface area contributed by atoms with Gasteiger partial charge in [-0.2, -0.15) is 0 Å². The molecule has 114 valence electrons. The molecule has 0 aromatic carbocycles. The second kappa shape index (κ2) is 6.51. The van der Waals surface area contributed by atoms with E-state index in [1.807, 2.05) is 6.92 Å². The summed E-state index contributed by atoms with van der Waals surface area (Å²) in [6, 6.07) is 1.56. The third-order valence-corrected chi connectivity index (χ3v) is 3.88. The molecule has 1 N–H and O–H groups in total. The Labute approximate surface area is 123 Å². The van der Waals surface area contributed by atoms with Gasteiger partial charge in [-0.05, 0) is 19.8 Å². The fraction of sp³-hybridized carbons (Fsp3) is 0.571. The minimum atomic E-state index is -0.553. The lowest BCUT2D eigenvalue weighted by molar-refractivity contribution is -0.385. The summed E-state index contributed by atoms with van der Waals surface area (Å²) in [5.74, 6) is 0.168. The van der Waals surface area contributed by atoms with Gasteiger partial charge in [-0.25, -0.2) is 4.98 Å². The number of hydrogen-bond donors (Lipinski definition) is 1. The molecule has 1 fully saturated rings. The van der Waals surface area contributed by atoms with Crippen molar-refractivity contribution < 1.29 is 9.72 Å². The van der Waals surface area contributed by atoms with Crippen molar-refractivity contribution in [3.8, 4) is 0 Å². The van der Waals surface area contributed by atoms with E-state index in [9.17, 15) is 14.9 Å². The van der Waals surface area contributed by atoms with Crippen LogP contribution in [0, 0.1) is 10.1 Å². The molecule has 1 atom stereocenters. The van der Waals surface area contributed by atoms with E-state index in [1.54, 1.807) is 11.9 Å². The van der Waals surface area contributed by atoms with E-state index in [0.717, 1.165) is 31.9 Å². The highest BCUT2D eigenvalue weighted by atomic mass is 16.6. The number of rotatable bonds is 3. The van der Waals surface area contributed by atoms with Crippen molar-refractivity contribution in [1.29, 1.82) is 0 Å². The van der Waals surface area contributed by atoms with Crippen LogP contribution in [-0.4, -0.2) is 40.3 Å². The topological polar surface area (TPSA) is 88.4 Å². The van der Waals surface area contributed by atoms with Gasteiger partial charge in [0.15, 0.2) is 0 Å². The molecule has 2 heterocycles. The zero-order valence-electron chi connectivity index (χ0n) is 12.3. The summed E-state index contributed by atoms with van der Waals surface area (Å²) in [5, 5.41) is 13.9. The highest BCUT2D eigenvalue weighted by Gasteiger charge is 2.29. The van der Waals surface area contributed by atoms with Crippen LogP contribution in [0.15, 0.2) is 12.3 Å². The fourth-order valence-electron chi connectivity index (χ4n) is 2.63. The molecule has 7 heteroatoms. The maximum atomic E-state index is 12.7. The van der Waals surface area contributed by atoms with Crippen LogP contribution in [0.4, 0.5) is 11.5 Å². The third-order valence-electron chi connectivity index (χ3n) is 3.88. The lowest BCUT2D eigenvalue weighted by atomic mass is 10.1. The van der Waals surface area contributed by atoms with Gasteiger partial charge >= 0.3 is 0 Å². The first-order valence-corrected chi connectivity index (χ1v) is 7.17. The minimum Gasteiger partial charge on any atom is -0.373 e. The Kier molecular flexibility index (Phi) is 4.72. The fourth-order valence-corrected chi connectivity index (χ4v) is 2.63. The average Bonchev–Trinajstić information content (AvgIpc) is 2.70. The van der Waals surface area contributed by atoms with E-state index >= 15 is 0 Å². The number of anilines is 1. The quantitative estimate of drug-likeness (QED) is 0.682. The standard InChI is InChI=1S/C14H20N4O3/c1-10-6-4-3-5-7-17(10)14(19)11-8-13(15-2)16-9-12(11)18(20)21/h8-10H,3-7H2,1-2H3,(H,15,16). The molecule has 1 unspecified atom stereocenters. The number of nitrogens with zero attached hydrogens (tertiary/aromatic N) is 3. The van der Waals surface area contributed by atoms with Gasteiger partial charge in [0.2, 0.25) is 0 Å². The molecule has 1 saturated heterocycles. The molecule has 1 amide bonds. The van der Waals surface area contributed by atoms with E-state index in [1.165, 1.54) is 6.07 Å². The number of aromatic nitrogens is 1. The van der Waals surface area contributed by atoms with Crippen LogP contribution in [0.3, 0.4) is 0 Å². The van der Waals surface area contributed by atoms with E-state index in [0.29, 0.717) is 12.4 Å². The Hall–Kier alpha value is -2.18. The van der Waals surface area contributed by atoms with Gasteiger partial charge in [0.05, 0.1) is 4.92 Å². The van der Waals surface area contributed by atoms with Crippen LogP contribution < -0.4 is 5.32 Å². The molecule has 0 radical (unpaired) electrons. The van der Waals surface area contributed by atoms with E-state index in [2.05, 4.69) is 10.3 Å². The predicted octanol–water partition coefficient (Wildman–Crippen LogP) is 2.44. The van der Waals surface area contributed by atoms with Crippen molar-refractivity contribution in [2.75, 3.05) is 18.9 Å². The van der Waals surface area contributed by atoms with Gasteiger partial charge < -0.3 is 10.2 Å². The molecule has 2 rings (SSSR count). The van der Waals surface area contributed by atoms with Crippen LogP contribution in [-0.2, 0) is 0 Å². The molecular weight excluding hydrogens is 272 g/mol. The Morgan fingerprint density at radius 1 is 1.48 bits per heavy atom.